The van der Waals surface area contributed by atoms with Crippen molar-refractivity contribution in [1.82, 2.24) is 10.2 Å². The van der Waals surface area contributed by atoms with E-state index in [0.29, 0.717) is 6.42 Å². The van der Waals surface area contributed by atoms with Gasteiger partial charge in [-0.2, -0.15) is 0 Å². The summed E-state index contributed by atoms with van der Waals surface area (Å²) in [6.45, 7) is 4.47. The Kier molecular flexibility index (Phi) is 8.47. The molecule has 1 heterocycles. The molecule has 1 N–H and O–H groups in total. The van der Waals surface area contributed by atoms with Gasteiger partial charge in [-0.25, -0.2) is 0 Å². The average Bonchev–Trinajstić information content (AvgIpc) is 2.70. The Bertz CT molecular complexity index is 589. The van der Waals surface area contributed by atoms with Crippen LogP contribution >= 0.6 is 12.2 Å². The van der Waals surface area contributed by atoms with E-state index in [2.05, 4.69) is 25.9 Å². The summed E-state index contributed by atoms with van der Waals surface area (Å²) in [7, 11) is 3.13. The molecule has 0 aliphatic carbocycles. The maximum atomic E-state index is 11.1. The van der Waals surface area contributed by atoms with E-state index in [4.69, 9.17) is 17.0 Å². The molecule has 0 aromatic heterocycles. The van der Waals surface area contributed by atoms with Crippen LogP contribution in [0.5, 0.6) is 5.75 Å². The number of esters is 1. The number of hydrogen-bond acceptors (Lipinski definition) is 5. The molecule has 26 heavy (non-hydrogen) atoms. The molecule has 6 nitrogen and oxygen atoms in total. The zero-order valence-corrected chi connectivity index (χ0v) is 16.5. The lowest BCUT2D eigenvalue weighted by molar-refractivity contribution is -0.140. The highest BCUT2D eigenvalue weighted by molar-refractivity contribution is 7.80. The fourth-order valence-electron chi connectivity index (χ4n) is 3.02. The number of benzene rings is 1. The first kappa shape index (κ1) is 20.3. The van der Waals surface area contributed by atoms with Crippen LogP contribution in [-0.2, 0) is 9.53 Å². The highest BCUT2D eigenvalue weighted by atomic mass is 32.1. The molecule has 1 aromatic carbocycles. The third-order valence-corrected chi connectivity index (χ3v) is 4.96. The van der Waals surface area contributed by atoms with E-state index in [9.17, 15) is 4.79 Å². The molecule has 1 fully saturated rings. The summed E-state index contributed by atoms with van der Waals surface area (Å²) in [6, 6.07) is 8.12. The van der Waals surface area contributed by atoms with E-state index >= 15 is 0 Å². The normalized spacial score (nSPS) is 14.1. The summed E-state index contributed by atoms with van der Waals surface area (Å²) in [6.07, 6.45) is 3.34. The van der Waals surface area contributed by atoms with Gasteiger partial charge in [-0.05, 0) is 37.2 Å². The fourth-order valence-corrected chi connectivity index (χ4v) is 3.31. The van der Waals surface area contributed by atoms with Crippen LogP contribution in [0.25, 0.3) is 0 Å². The second kappa shape index (κ2) is 10.9. The number of methoxy groups -OCH3 is 2. The summed E-state index contributed by atoms with van der Waals surface area (Å²) in [4.78, 5) is 15.6. The molecule has 0 spiro atoms. The summed E-state index contributed by atoms with van der Waals surface area (Å²) < 4.78 is 10.1. The van der Waals surface area contributed by atoms with Crippen molar-refractivity contribution in [1.29, 1.82) is 0 Å². The molecule has 7 heteroatoms. The van der Waals surface area contributed by atoms with E-state index in [1.807, 2.05) is 18.2 Å². The second-order valence-corrected chi connectivity index (χ2v) is 6.65. The lowest BCUT2D eigenvalue weighted by Crippen LogP contribution is -2.51. The van der Waals surface area contributed by atoms with Crippen LogP contribution in [0.4, 0.5) is 5.69 Å². The minimum absolute atomic E-state index is 0.138. The Morgan fingerprint density at radius 3 is 2.54 bits per heavy atom. The van der Waals surface area contributed by atoms with E-state index in [-0.39, 0.29) is 5.97 Å². The molecule has 2 rings (SSSR count). The van der Waals surface area contributed by atoms with Crippen molar-refractivity contribution in [2.75, 3.05) is 51.8 Å². The quantitative estimate of drug-likeness (QED) is 0.423. The molecular formula is C19H29N3O3S. The molecular weight excluding hydrogens is 350 g/mol. The Morgan fingerprint density at radius 1 is 1.12 bits per heavy atom. The van der Waals surface area contributed by atoms with Crippen LogP contribution in [0, 0.1) is 0 Å². The zero-order valence-electron chi connectivity index (χ0n) is 15.7. The third-order valence-electron chi connectivity index (χ3n) is 4.55. The first-order valence-electron chi connectivity index (χ1n) is 9.13. The molecule has 0 saturated carbocycles. The first-order chi connectivity index (χ1) is 12.7. The van der Waals surface area contributed by atoms with E-state index in [0.717, 1.165) is 68.5 Å². The maximum absolute atomic E-state index is 11.1. The van der Waals surface area contributed by atoms with Crippen molar-refractivity contribution in [2.45, 2.75) is 25.7 Å². The second-order valence-electron chi connectivity index (χ2n) is 6.26. The van der Waals surface area contributed by atoms with Gasteiger partial charge in [0.1, 0.15) is 5.75 Å². The van der Waals surface area contributed by atoms with Gasteiger partial charge in [0.25, 0.3) is 0 Å². The van der Waals surface area contributed by atoms with E-state index in [1.54, 1.807) is 7.11 Å². The van der Waals surface area contributed by atoms with Crippen LogP contribution in [0.15, 0.2) is 24.3 Å². The lowest BCUT2D eigenvalue weighted by Gasteiger charge is -2.37. The topological polar surface area (TPSA) is 54.0 Å². The van der Waals surface area contributed by atoms with Crippen LogP contribution in [0.1, 0.15) is 25.7 Å². The predicted molar refractivity (Wildman–Crippen MR) is 108 cm³/mol. The number of carbonyl (C=O) groups excluding carboxylic acids is 1. The van der Waals surface area contributed by atoms with E-state index in [1.165, 1.54) is 7.11 Å². The number of nitrogens with one attached hydrogen (secondary N) is 1. The minimum atomic E-state index is -0.138. The number of anilines is 1. The Hall–Kier alpha value is -2.02. The summed E-state index contributed by atoms with van der Waals surface area (Å²) >= 11 is 5.51. The number of rotatable bonds is 8. The van der Waals surface area contributed by atoms with Gasteiger partial charge < -0.3 is 24.6 Å². The Balaban J connectivity index is 1.66. The Morgan fingerprint density at radius 2 is 1.85 bits per heavy atom. The van der Waals surface area contributed by atoms with E-state index < -0.39 is 0 Å². The standard InChI is InChI=1S/C19H29N3O3S/c1-24-17-9-6-5-8-16(17)21-12-14-22(15-13-21)19(26)20-11-7-3-4-10-18(23)25-2/h5-6,8-9H,3-4,7,10-15H2,1-2H3,(H,20,26). The summed E-state index contributed by atoms with van der Waals surface area (Å²) in [5.41, 5.74) is 1.14. The summed E-state index contributed by atoms with van der Waals surface area (Å²) in [5, 5.41) is 4.15. The van der Waals surface area contributed by atoms with Gasteiger partial charge in [0.2, 0.25) is 0 Å². The van der Waals surface area contributed by atoms with Crippen molar-refractivity contribution in [3.63, 3.8) is 0 Å². The predicted octanol–water partition coefficient (Wildman–Crippen LogP) is 2.43. The van der Waals surface area contributed by atoms with Crippen LogP contribution in [0.3, 0.4) is 0 Å². The first-order valence-corrected chi connectivity index (χ1v) is 9.54. The number of para-hydroxylation sites is 2. The van der Waals surface area contributed by atoms with Crippen molar-refractivity contribution >= 4 is 29.0 Å². The average molecular weight is 380 g/mol. The lowest BCUT2D eigenvalue weighted by atomic mass is 10.2. The van der Waals surface area contributed by atoms with Gasteiger partial charge in [0.05, 0.1) is 19.9 Å². The maximum Gasteiger partial charge on any atom is 0.305 e. The molecule has 1 aliphatic heterocycles. The fraction of sp³-hybridized carbons (Fsp3) is 0.579. The van der Waals surface area contributed by atoms with Gasteiger partial charge in [-0.1, -0.05) is 18.6 Å². The minimum Gasteiger partial charge on any atom is -0.495 e. The van der Waals surface area contributed by atoms with Crippen molar-refractivity contribution in [3.05, 3.63) is 24.3 Å². The van der Waals surface area contributed by atoms with Crippen molar-refractivity contribution in [3.8, 4) is 5.75 Å². The number of unbranched alkanes of at least 4 members (excludes halogenated alkanes) is 2. The monoisotopic (exact) mass is 379 g/mol. The number of thiocarbonyl (C=S) groups is 1. The smallest absolute Gasteiger partial charge is 0.305 e. The SMILES string of the molecule is COC(=O)CCCCCNC(=S)N1CCN(c2ccccc2OC)CC1. The van der Waals surface area contributed by atoms with Gasteiger partial charge in [0.15, 0.2) is 5.11 Å². The highest BCUT2D eigenvalue weighted by Crippen LogP contribution is 2.28. The number of hydrogen-bond donors (Lipinski definition) is 1. The van der Waals surface area contributed by atoms with Crippen LogP contribution < -0.4 is 15.0 Å². The van der Waals surface area contributed by atoms with Gasteiger partial charge in [0, 0.05) is 39.1 Å². The molecule has 0 bridgehead atoms. The molecule has 0 amide bonds. The Labute approximate surface area is 161 Å². The molecule has 0 unspecified atom stereocenters. The molecule has 0 radical (unpaired) electrons. The zero-order chi connectivity index (χ0) is 18.8. The van der Waals surface area contributed by atoms with Crippen molar-refractivity contribution in [2.24, 2.45) is 0 Å². The summed E-state index contributed by atoms with van der Waals surface area (Å²) in [5.74, 6) is 0.773. The number of piperazine rings is 1. The highest BCUT2D eigenvalue weighted by Gasteiger charge is 2.20. The molecule has 0 atom stereocenters. The largest absolute Gasteiger partial charge is 0.495 e. The molecule has 1 saturated heterocycles. The molecule has 1 aromatic rings. The van der Waals surface area contributed by atoms with Gasteiger partial charge in [-0.3, -0.25) is 4.79 Å². The van der Waals surface area contributed by atoms with Gasteiger partial charge >= 0.3 is 5.97 Å². The number of ether oxygens (including phenoxy) is 2. The molecule has 144 valence electrons. The van der Waals surface area contributed by atoms with Crippen LogP contribution in [-0.4, -0.2) is 62.9 Å². The number of nitrogens with zero attached hydrogens (tertiary/aromatic N) is 2. The number of carbonyl (C=O) groups is 1. The van der Waals surface area contributed by atoms with Gasteiger partial charge in [-0.15, -0.1) is 0 Å². The third kappa shape index (κ3) is 6.05. The molecule has 1 aliphatic rings. The van der Waals surface area contributed by atoms with Crippen LogP contribution in [0.2, 0.25) is 0 Å². The van der Waals surface area contributed by atoms with Crippen molar-refractivity contribution < 1.29 is 14.3 Å².